The second-order valence-electron chi connectivity index (χ2n) is 10.5. The standard InChI is InChI=1S/C20H44FNO3Si3/c1-22(20(23)13-8-9-14-21)18-11-10-12-19(17-18)26(2,3)15-16-27(4,5)25-28(6,7)24/h18-19,24H,8-17H2,1-7H3. The largest absolute Gasteiger partial charge is 0.436 e. The lowest BCUT2D eigenvalue weighted by atomic mass is 9.93. The highest BCUT2D eigenvalue weighted by Gasteiger charge is 2.40. The van der Waals surface area contributed by atoms with Gasteiger partial charge in [0.1, 0.15) is 0 Å². The predicted molar refractivity (Wildman–Crippen MR) is 124 cm³/mol. The SMILES string of the molecule is CN(C(=O)CCCCF)C1CCCC([Si](C)(C)CC[Si](C)(C)O[Si](C)(C)O)C1. The van der Waals surface area contributed by atoms with E-state index < -0.39 is 25.0 Å². The lowest BCUT2D eigenvalue weighted by molar-refractivity contribution is -0.132. The van der Waals surface area contributed by atoms with E-state index in [0.29, 0.717) is 25.3 Å². The maximum Gasteiger partial charge on any atom is 0.318 e. The van der Waals surface area contributed by atoms with Crippen LogP contribution in [0.4, 0.5) is 4.39 Å². The third kappa shape index (κ3) is 9.19. The van der Waals surface area contributed by atoms with Crippen molar-refractivity contribution in [2.24, 2.45) is 0 Å². The minimum absolute atomic E-state index is 0.177. The number of rotatable bonds is 11. The molecule has 1 aliphatic carbocycles. The van der Waals surface area contributed by atoms with E-state index in [1.54, 1.807) is 0 Å². The van der Waals surface area contributed by atoms with Crippen LogP contribution in [0.5, 0.6) is 0 Å². The van der Waals surface area contributed by atoms with Crippen molar-refractivity contribution in [2.75, 3.05) is 13.7 Å². The predicted octanol–water partition coefficient (Wildman–Crippen LogP) is 5.52. The summed E-state index contributed by atoms with van der Waals surface area (Å²) < 4.78 is 18.4. The van der Waals surface area contributed by atoms with E-state index in [2.05, 4.69) is 26.2 Å². The quantitative estimate of drug-likeness (QED) is 0.334. The van der Waals surface area contributed by atoms with Crippen molar-refractivity contribution >= 4 is 30.9 Å². The summed E-state index contributed by atoms with van der Waals surface area (Å²) >= 11 is 0. The number of alkyl halides is 1. The highest BCUT2D eigenvalue weighted by Crippen LogP contribution is 2.42. The molecule has 2 unspecified atom stereocenters. The third-order valence-corrected chi connectivity index (χ3v) is 16.8. The Bertz CT molecular complexity index is 498. The Kier molecular flexibility index (Phi) is 10.1. The van der Waals surface area contributed by atoms with Gasteiger partial charge in [-0.3, -0.25) is 9.18 Å². The van der Waals surface area contributed by atoms with Crippen molar-refractivity contribution < 1.29 is 18.1 Å². The van der Waals surface area contributed by atoms with Crippen molar-refractivity contribution in [1.82, 2.24) is 4.90 Å². The van der Waals surface area contributed by atoms with Crippen LogP contribution >= 0.6 is 0 Å². The van der Waals surface area contributed by atoms with Gasteiger partial charge in [0.25, 0.3) is 0 Å². The Morgan fingerprint density at radius 1 is 1.11 bits per heavy atom. The average Bonchev–Trinajstić information content (AvgIpc) is 2.58. The van der Waals surface area contributed by atoms with Gasteiger partial charge in [-0.25, -0.2) is 0 Å². The molecule has 1 rings (SSSR count). The first-order valence-electron chi connectivity index (χ1n) is 11.0. The van der Waals surface area contributed by atoms with Crippen LogP contribution in [0.25, 0.3) is 0 Å². The molecule has 2 atom stereocenters. The van der Waals surface area contributed by atoms with Gasteiger partial charge in [-0.2, -0.15) is 0 Å². The minimum Gasteiger partial charge on any atom is -0.436 e. The molecule has 1 N–H and O–H groups in total. The maximum atomic E-state index is 12.4. The summed E-state index contributed by atoms with van der Waals surface area (Å²) in [7, 11) is -3.81. The highest BCUT2D eigenvalue weighted by atomic mass is 28.4. The molecule has 166 valence electrons. The fourth-order valence-electron chi connectivity index (χ4n) is 4.53. The number of carbonyl (C=O) groups excluding carboxylic acids is 1. The summed E-state index contributed by atoms with van der Waals surface area (Å²) in [4.78, 5) is 24.6. The van der Waals surface area contributed by atoms with E-state index in [-0.39, 0.29) is 12.6 Å². The highest BCUT2D eigenvalue weighted by molar-refractivity contribution is 6.84. The second-order valence-corrected chi connectivity index (χ2v) is 23.5. The van der Waals surface area contributed by atoms with Crippen LogP contribution in [0.2, 0.25) is 56.9 Å². The molecule has 0 radical (unpaired) electrons. The minimum atomic E-state index is -2.47. The van der Waals surface area contributed by atoms with E-state index in [0.717, 1.165) is 24.4 Å². The van der Waals surface area contributed by atoms with E-state index in [4.69, 9.17) is 4.12 Å². The number of hydrogen-bond acceptors (Lipinski definition) is 3. The first kappa shape index (κ1) is 26.0. The zero-order valence-electron chi connectivity index (χ0n) is 19.3. The molecule has 1 saturated carbocycles. The molecule has 4 nitrogen and oxygen atoms in total. The van der Waals surface area contributed by atoms with Gasteiger partial charge in [-0.1, -0.05) is 32.0 Å². The lowest BCUT2D eigenvalue weighted by Gasteiger charge is -2.42. The molecule has 0 aromatic heterocycles. The number of unbranched alkanes of at least 4 members (excludes halogenated alkanes) is 1. The van der Waals surface area contributed by atoms with Crippen LogP contribution in [0.3, 0.4) is 0 Å². The van der Waals surface area contributed by atoms with Gasteiger partial charge in [-0.05, 0) is 63.5 Å². The van der Waals surface area contributed by atoms with E-state index in [9.17, 15) is 14.0 Å². The molecule has 0 spiro atoms. The van der Waals surface area contributed by atoms with Gasteiger partial charge in [0.2, 0.25) is 5.91 Å². The smallest absolute Gasteiger partial charge is 0.318 e. The fourth-order valence-corrected chi connectivity index (χ4v) is 17.6. The van der Waals surface area contributed by atoms with Gasteiger partial charge >= 0.3 is 8.56 Å². The molecule has 1 amide bonds. The Morgan fingerprint density at radius 3 is 2.32 bits per heavy atom. The van der Waals surface area contributed by atoms with Gasteiger partial charge in [0.05, 0.1) is 14.7 Å². The van der Waals surface area contributed by atoms with Crippen molar-refractivity contribution in [2.45, 2.75) is 108 Å². The van der Waals surface area contributed by atoms with Crippen LogP contribution in [-0.2, 0) is 8.91 Å². The van der Waals surface area contributed by atoms with Crippen LogP contribution in [0.15, 0.2) is 0 Å². The van der Waals surface area contributed by atoms with E-state index >= 15 is 0 Å². The van der Waals surface area contributed by atoms with Crippen LogP contribution < -0.4 is 0 Å². The van der Waals surface area contributed by atoms with E-state index in [1.807, 2.05) is 25.0 Å². The van der Waals surface area contributed by atoms with Crippen molar-refractivity contribution in [1.29, 1.82) is 0 Å². The number of hydrogen-bond donors (Lipinski definition) is 1. The molecular formula is C20H44FNO3Si3. The normalized spacial score (nSPS) is 21.6. The summed E-state index contributed by atoms with van der Waals surface area (Å²) in [6, 6.07) is 2.69. The van der Waals surface area contributed by atoms with Gasteiger partial charge in [-0.15, -0.1) is 0 Å². The summed E-state index contributed by atoms with van der Waals surface area (Å²) in [5, 5.41) is 0. The van der Waals surface area contributed by atoms with Crippen LogP contribution in [-0.4, -0.2) is 60.3 Å². The second kappa shape index (κ2) is 10.8. The number of amides is 1. The molecule has 8 heteroatoms. The first-order valence-corrected chi connectivity index (χ1v) is 20.3. The fraction of sp³-hybridized carbons (Fsp3) is 0.950. The molecule has 0 bridgehead atoms. The number of halogens is 1. The maximum absolute atomic E-state index is 12.4. The van der Waals surface area contributed by atoms with Gasteiger partial charge in [0, 0.05) is 19.5 Å². The Labute approximate surface area is 175 Å². The summed E-state index contributed by atoms with van der Waals surface area (Å²) in [6.45, 7) is 12.8. The number of nitrogens with zero attached hydrogens (tertiary/aromatic N) is 1. The molecule has 0 heterocycles. The zero-order chi connectivity index (χ0) is 21.6. The van der Waals surface area contributed by atoms with Crippen molar-refractivity contribution in [3.8, 4) is 0 Å². The Balaban J connectivity index is 2.62. The molecule has 0 aromatic rings. The molecule has 0 saturated heterocycles. The van der Waals surface area contributed by atoms with Gasteiger partial charge < -0.3 is 13.8 Å². The lowest BCUT2D eigenvalue weighted by Crippen LogP contribution is -2.47. The Morgan fingerprint density at radius 2 is 1.75 bits per heavy atom. The first-order chi connectivity index (χ1) is 12.8. The molecule has 0 aromatic carbocycles. The van der Waals surface area contributed by atoms with Gasteiger partial charge in [0.15, 0.2) is 8.32 Å². The summed E-state index contributed by atoms with van der Waals surface area (Å²) in [5.74, 6) is 0.177. The Hall–Kier alpha value is -0.0294. The zero-order valence-corrected chi connectivity index (χ0v) is 22.3. The van der Waals surface area contributed by atoms with Crippen molar-refractivity contribution in [3.05, 3.63) is 0 Å². The number of carbonyl (C=O) groups is 1. The molecule has 1 aliphatic rings. The average molecular weight is 450 g/mol. The van der Waals surface area contributed by atoms with Crippen molar-refractivity contribution in [3.63, 3.8) is 0 Å². The summed E-state index contributed by atoms with van der Waals surface area (Å²) in [5.41, 5.74) is 0.733. The summed E-state index contributed by atoms with van der Waals surface area (Å²) in [6.07, 6.45) is 6.31. The van der Waals surface area contributed by atoms with Crippen LogP contribution in [0.1, 0.15) is 44.9 Å². The topological polar surface area (TPSA) is 49.8 Å². The molecule has 0 aliphatic heterocycles. The van der Waals surface area contributed by atoms with E-state index in [1.165, 1.54) is 18.9 Å². The third-order valence-electron chi connectivity index (χ3n) is 6.36. The molecule has 1 fully saturated rings. The molecule has 28 heavy (non-hydrogen) atoms. The monoisotopic (exact) mass is 449 g/mol. The molecular weight excluding hydrogens is 405 g/mol. The van der Waals surface area contributed by atoms with Crippen LogP contribution in [0, 0.1) is 0 Å².